The highest BCUT2D eigenvalue weighted by atomic mass is 19.1. The Morgan fingerprint density at radius 2 is 2.00 bits per heavy atom. The second-order valence-corrected chi connectivity index (χ2v) is 7.80. The molecule has 0 unspecified atom stereocenters. The fourth-order valence-electron chi connectivity index (χ4n) is 4.03. The molecule has 0 spiro atoms. The van der Waals surface area contributed by atoms with E-state index in [0.717, 1.165) is 48.3 Å². The number of aryl methyl sites for hydroxylation is 2. The van der Waals surface area contributed by atoms with Crippen molar-refractivity contribution in [2.24, 2.45) is 7.05 Å². The van der Waals surface area contributed by atoms with E-state index in [1.807, 2.05) is 31.0 Å². The molecule has 29 heavy (non-hydrogen) atoms. The molecule has 0 aliphatic carbocycles. The maximum Gasteiger partial charge on any atom is 0.289 e. The van der Waals surface area contributed by atoms with Crippen LogP contribution in [-0.2, 0) is 13.5 Å². The molecular weight excluding hydrogens is 367 g/mol. The number of rotatable bonds is 4. The zero-order valence-corrected chi connectivity index (χ0v) is 16.8. The Labute approximate surface area is 170 Å². The molecule has 6 heteroatoms. The molecule has 2 aromatic heterocycles. The van der Waals surface area contributed by atoms with Crippen LogP contribution in [0.5, 0.6) is 0 Å². The van der Waals surface area contributed by atoms with Crippen molar-refractivity contribution >= 4 is 5.91 Å². The second kappa shape index (κ2) is 8.15. The Bertz CT molecular complexity index is 1010. The molecule has 150 valence electrons. The van der Waals surface area contributed by atoms with Gasteiger partial charge in [-0.15, -0.1) is 0 Å². The third-order valence-electron chi connectivity index (χ3n) is 5.49. The molecule has 1 fully saturated rings. The summed E-state index contributed by atoms with van der Waals surface area (Å²) in [6.45, 7) is 3.39. The van der Waals surface area contributed by atoms with Crippen molar-refractivity contribution in [3.8, 4) is 0 Å². The van der Waals surface area contributed by atoms with Crippen molar-refractivity contribution in [2.75, 3.05) is 13.1 Å². The van der Waals surface area contributed by atoms with Crippen LogP contribution in [0.3, 0.4) is 0 Å². The highest BCUT2D eigenvalue weighted by molar-refractivity contribution is 5.90. The van der Waals surface area contributed by atoms with E-state index in [9.17, 15) is 9.18 Å². The first kappa shape index (κ1) is 19.3. The van der Waals surface area contributed by atoms with Crippen LogP contribution in [0.15, 0.2) is 48.8 Å². The number of hydrogen-bond donors (Lipinski definition) is 0. The first-order valence-corrected chi connectivity index (χ1v) is 9.98. The fraction of sp³-hybridized carbons (Fsp3) is 0.348. The fourth-order valence-corrected chi connectivity index (χ4v) is 4.03. The molecule has 0 N–H and O–H groups in total. The van der Waals surface area contributed by atoms with E-state index in [-0.39, 0.29) is 17.6 Å². The van der Waals surface area contributed by atoms with Crippen LogP contribution in [-0.4, -0.2) is 38.4 Å². The predicted molar refractivity (Wildman–Crippen MR) is 109 cm³/mol. The summed E-state index contributed by atoms with van der Waals surface area (Å²) >= 11 is 0. The van der Waals surface area contributed by atoms with Gasteiger partial charge in [0.25, 0.3) is 5.91 Å². The zero-order valence-electron chi connectivity index (χ0n) is 16.8. The van der Waals surface area contributed by atoms with Crippen molar-refractivity contribution in [1.29, 1.82) is 0 Å². The average Bonchev–Trinajstić information content (AvgIpc) is 3.15. The van der Waals surface area contributed by atoms with Crippen molar-refractivity contribution in [2.45, 2.75) is 32.1 Å². The molecule has 1 amide bonds. The molecule has 4 rings (SSSR count). The van der Waals surface area contributed by atoms with E-state index >= 15 is 0 Å². The van der Waals surface area contributed by atoms with E-state index in [4.69, 9.17) is 4.98 Å². The normalized spacial score (nSPS) is 16.8. The van der Waals surface area contributed by atoms with E-state index in [2.05, 4.69) is 17.1 Å². The predicted octanol–water partition coefficient (Wildman–Crippen LogP) is 3.87. The molecule has 1 aromatic carbocycles. The Hall–Kier alpha value is -3.02. The molecular formula is C23H25FN4O. The van der Waals surface area contributed by atoms with E-state index < -0.39 is 0 Å². The summed E-state index contributed by atoms with van der Waals surface area (Å²) in [7, 11) is 1.84. The average molecular weight is 392 g/mol. The minimum Gasteiger partial charge on any atom is -0.335 e. The number of hydrogen-bond acceptors (Lipinski definition) is 3. The van der Waals surface area contributed by atoms with Gasteiger partial charge in [-0.25, -0.2) is 9.37 Å². The lowest BCUT2D eigenvalue weighted by atomic mass is 9.92. The Morgan fingerprint density at radius 1 is 1.21 bits per heavy atom. The number of carbonyl (C=O) groups excluding carboxylic acids is 1. The van der Waals surface area contributed by atoms with Gasteiger partial charge in [0, 0.05) is 49.8 Å². The topological polar surface area (TPSA) is 51.0 Å². The number of amides is 1. The number of imidazole rings is 1. The summed E-state index contributed by atoms with van der Waals surface area (Å²) in [6.07, 6.45) is 6.14. The van der Waals surface area contributed by atoms with Gasteiger partial charge >= 0.3 is 0 Å². The van der Waals surface area contributed by atoms with Gasteiger partial charge in [0.05, 0.1) is 0 Å². The van der Waals surface area contributed by atoms with Crippen LogP contribution in [0.25, 0.3) is 0 Å². The van der Waals surface area contributed by atoms with Crippen LogP contribution < -0.4 is 0 Å². The van der Waals surface area contributed by atoms with Crippen LogP contribution >= 0.6 is 0 Å². The maximum atomic E-state index is 13.2. The lowest BCUT2D eigenvalue weighted by Gasteiger charge is -2.32. The number of halogens is 1. The molecule has 0 radical (unpaired) electrons. The number of nitrogens with zero attached hydrogens (tertiary/aromatic N) is 4. The molecule has 1 aliphatic rings. The molecule has 1 aliphatic heterocycles. The van der Waals surface area contributed by atoms with Crippen molar-refractivity contribution in [3.05, 3.63) is 82.9 Å². The third-order valence-corrected chi connectivity index (χ3v) is 5.49. The lowest BCUT2D eigenvalue weighted by Crippen LogP contribution is -2.40. The lowest BCUT2D eigenvalue weighted by molar-refractivity contribution is 0.0690. The van der Waals surface area contributed by atoms with E-state index in [0.29, 0.717) is 12.4 Å². The maximum absolute atomic E-state index is 13.2. The van der Waals surface area contributed by atoms with Crippen LogP contribution in [0, 0.1) is 12.7 Å². The summed E-state index contributed by atoms with van der Waals surface area (Å²) < 4.78 is 14.9. The van der Waals surface area contributed by atoms with Gasteiger partial charge in [-0.1, -0.05) is 12.1 Å². The summed E-state index contributed by atoms with van der Waals surface area (Å²) in [5.41, 5.74) is 4.22. The monoisotopic (exact) mass is 392 g/mol. The standard InChI is InChI=1S/C23H25FN4O/c1-16-12-18(13-17-5-7-20(24)8-6-17)14-21(26-16)19-4-3-10-28(15-19)23(29)22-25-9-11-27(22)2/h5-9,11-12,14,19H,3-4,10,13,15H2,1-2H3/t19-/m1/s1. The molecule has 5 nitrogen and oxygen atoms in total. The van der Waals surface area contributed by atoms with Crippen LogP contribution in [0.4, 0.5) is 4.39 Å². The number of aromatic nitrogens is 3. The summed E-state index contributed by atoms with van der Waals surface area (Å²) in [5.74, 6) is 0.432. The molecule has 0 saturated carbocycles. The molecule has 1 atom stereocenters. The molecule has 1 saturated heterocycles. The highest BCUT2D eigenvalue weighted by Gasteiger charge is 2.28. The smallest absolute Gasteiger partial charge is 0.289 e. The minimum atomic E-state index is -0.222. The number of pyridine rings is 1. The van der Waals surface area contributed by atoms with E-state index in [1.165, 1.54) is 12.1 Å². The van der Waals surface area contributed by atoms with Crippen LogP contribution in [0.2, 0.25) is 0 Å². The summed E-state index contributed by atoms with van der Waals surface area (Å²) in [6, 6.07) is 10.8. The van der Waals surface area contributed by atoms with Gasteiger partial charge in [-0.05, 0) is 61.6 Å². The zero-order chi connectivity index (χ0) is 20.4. The quantitative estimate of drug-likeness (QED) is 0.677. The number of likely N-dealkylation sites (tertiary alicyclic amines) is 1. The molecule has 0 bridgehead atoms. The number of piperidine rings is 1. The van der Waals surface area contributed by atoms with Crippen molar-refractivity contribution in [3.63, 3.8) is 0 Å². The molecule has 3 heterocycles. The largest absolute Gasteiger partial charge is 0.335 e. The summed E-state index contributed by atoms with van der Waals surface area (Å²) in [5, 5.41) is 0. The Kier molecular flexibility index (Phi) is 5.43. The van der Waals surface area contributed by atoms with Gasteiger partial charge in [0.2, 0.25) is 0 Å². The first-order chi connectivity index (χ1) is 14.0. The summed E-state index contributed by atoms with van der Waals surface area (Å²) in [4.78, 5) is 23.7. The highest BCUT2D eigenvalue weighted by Crippen LogP contribution is 2.28. The SMILES string of the molecule is Cc1cc(Cc2ccc(F)cc2)cc([C@@H]2CCCN(C(=O)c3nccn3C)C2)n1. The van der Waals surface area contributed by atoms with Crippen molar-refractivity contribution < 1.29 is 9.18 Å². The first-order valence-electron chi connectivity index (χ1n) is 9.98. The van der Waals surface area contributed by atoms with Gasteiger partial charge in [0.15, 0.2) is 5.82 Å². The number of benzene rings is 1. The third kappa shape index (κ3) is 4.36. The van der Waals surface area contributed by atoms with E-state index in [1.54, 1.807) is 17.0 Å². The van der Waals surface area contributed by atoms with Gasteiger partial charge in [0.1, 0.15) is 5.82 Å². The minimum absolute atomic E-state index is 0.0265. The van der Waals surface area contributed by atoms with Gasteiger partial charge < -0.3 is 9.47 Å². The Balaban J connectivity index is 1.53. The van der Waals surface area contributed by atoms with Gasteiger partial charge in [-0.2, -0.15) is 0 Å². The second-order valence-electron chi connectivity index (χ2n) is 7.80. The van der Waals surface area contributed by atoms with Crippen LogP contribution in [0.1, 0.15) is 51.9 Å². The number of carbonyl (C=O) groups is 1. The Morgan fingerprint density at radius 3 is 2.72 bits per heavy atom. The van der Waals surface area contributed by atoms with Gasteiger partial charge in [-0.3, -0.25) is 9.78 Å². The molecule has 3 aromatic rings. The van der Waals surface area contributed by atoms with Crippen molar-refractivity contribution in [1.82, 2.24) is 19.4 Å².